The highest BCUT2D eigenvalue weighted by Crippen LogP contribution is 2.22. The number of aryl methyl sites for hydroxylation is 1. The van der Waals surface area contributed by atoms with Crippen LogP contribution < -0.4 is 4.72 Å². The molecule has 26 heavy (non-hydrogen) atoms. The van der Waals surface area contributed by atoms with Gasteiger partial charge >= 0.3 is 5.97 Å². The molecule has 0 bridgehead atoms. The standard InChI is InChI=1S/C17H18N4O4S/c22-17(23)15-12-21(20-19-15)11-4-3-10-18-26(24,25)16-9-5-7-13-6-1-2-8-14(13)16/h1-2,5-9,12,18H,3-4,10-11H2,(H,22,23). The number of aromatic carboxylic acids is 1. The number of nitrogens with one attached hydrogen (secondary N) is 1. The second kappa shape index (κ2) is 7.63. The third-order valence-corrected chi connectivity index (χ3v) is 5.42. The Morgan fingerprint density at radius 1 is 1.12 bits per heavy atom. The number of hydrogen-bond donors (Lipinski definition) is 2. The molecule has 0 aliphatic carbocycles. The van der Waals surface area contributed by atoms with Crippen molar-refractivity contribution in [1.29, 1.82) is 0 Å². The number of sulfonamides is 1. The zero-order valence-electron chi connectivity index (χ0n) is 13.9. The molecule has 0 radical (unpaired) electrons. The summed E-state index contributed by atoms with van der Waals surface area (Å²) in [6.45, 7) is 0.752. The van der Waals surface area contributed by atoms with Crippen molar-refractivity contribution >= 4 is 26.8 Å². The second-order valence-corrected chi connectivity index (χ2v) is 7.49. The van der Waals surface area contributed by atoms with Crippen LogP contribution in [-0.4, -0.2) is 41.0 Å². The normalized spacial score (nSPS) is 11.7. The van der Waals surface area contributed by atoms with E-state index < -0.39 is 16.0 Å². The van der Waals surface area contributed by atoms with Gasteiger partial charge in [0.25, 0.3) is 0 Å². The maximum absolute atomic E-state index is 12.6. The number of rotatable bonds is 8. The van der Waals surface area contributed by atoms with Crippen LogP contribution in [0.15, 0.2) is 53.6 Å². The summed E-state index contributed by atoms with van der Waals surface area (Å²) in [5.41, 5.74) is -0.110. The molecule has 3 aromatic rings. The number of carbonyl (C=O) groups is 1. The predicted octanol–water partition coefficient (Wildman–Crippen LogP) is 1.89. The average molecular weight is 374 g/mol. The Bertz CT molecular complexity index is 1020. The summed E-state index contributed by atoms with van der Waals surface area (Å²) in [4.78, 5) is 11.0. The van der Waals surface area contributed by atoms with Crippen LogP contribution in [0.1, 0.15) is 23.3 Å². The van der Waals surface area contributed by atoms with Gasteiger partial charge in [-0.15, -0.1) is 5.10 Å². The van der Waals surface area contributed by atoms with Crippen LogP contribution in [0.2, 0.25) is 0 Å². The Balaban J connectivity index is 1.56. The fourth-order valence-corrected chi connectivity index (χ4v) is 3.92. The lowest BCUT2D eigenvalue weighted by molar-refractivity contribution is 0.0690. The number of aromatic nitrogens is 3. The Hall–Kier alpha value is -2.78. The minimum atomic E-state index is -3.60. The summed E-state index contributed by atoms with van der Waals surface area (Å²) < 4.78 is 29.2. The lowest BCUT2D eigenvalue weighted by Crippen LogP contribution is -2.25. The summed E-state index contributed by atoms with van der Waals surface area (Å²) in [6, 6.07) is 12.5. The highest BCUT2D eigenvalue weighted by Gasteiger charge is 2.16. The lowest BCUT2D eigenvalue weighted by Gasteiger charge is -2.09. The zero-order chi connectivity index (χ0) is 18.6. The molecule has 0 saturated heterocycles. The molecule has 0 aliphatic heterocycles. The molecule has 0 fully saturated rings. The number of fused-ring (bicyclic) bond motifs is 1. The minimum Gasteiger partial charge on any atom is -0.476 e. The molecule has 1 aromatic heterocycles. The fourth-order valence-electron chi connectivity index (χ4n) is 2.62. The largest absolute Gasteiger partial charge is 0.476 e. The summed E-state index contributed by atoms with van der Waals surface area (Å²) in [6.07, 6.45) is 2.58. The van der Waals surface area contributed by atoms with E-state index in [9.17, 15) is 13.2 Å². The van der Waals surface area contributed by atoms with Gasteiger partial charge in [-0.3, -0.25) is 4.68 Å². The first-order valence-corrected chi connectivity index (χ1v) is 9.56. The van der Waals surface area contributed by atoms with Gasteiger partial charge in [0.15, 0.2) is 5.69 Å². The number of nitrogens with zero attached hydrogens (tertiary/aromatic N) is 3. The molecule has 8 nitrogen and oxygen atoms in total. The van der Waals surface area contributed by atoms with Crippen molar-refractivity contribution in [2.45, 2.75) is 24.3 Å². The van der Waals surface area contributed by atoms with Crippen molar-refractivity contribution in [3.05, 3.63) is 54.4 Å². The van der Waals surface area contributed by atoms with Gasteiger partial charge in [-0.2, -0.15) is 0 Å². The number of unbranched alkanes of at least 4 members (excludes halogenated alkanes) is 1. The molecule has 0 saturated carbocycles. The molecule has 0 spiro atoms. The first kappa shape index (κ1) is 18.0. The quantitative estimate of drug-likeness (QED) is 0.582. The average Bonchev–Trinajstić information content (AvgIpc) is 3.10. The summed E-state index contributed by atoms with van der Waals surface area (Å²) in [5, 5.41) is 17.6. The van der Waals surface area contributed by atoms with Gasteiger partial charge in [0.2, 0.25) is 10.0 Å². The highest BCUT2D eigenvalue weighted by atomic mass is 32.2. The Morgan fingerprint density at radius 3 is 2.65 bits per heavy atom. The number of carboxylic acid groups (broad SMARTS) is 1. The van der Waals surface area contributed by atoms with Gasteiger partial charge < -0.3 is 5.11 Å². The summed E-state index contributed by atoms with van der Waals surface area (Å²) >= 11 is 0. The van der Waals surface area contributed by atoms with Gasteiger partial charge in [-0.05, 0) is 24.3 Å². The predicted molar refractivity (Wildman–Crippen MR) is 95.4 cm³/mol. The molecule has 2 aromatic carbocycles. The first-order valence-electron chi connectivity index (χ1n) is 8.08. The fraction of sp³-hybridized carbons (Fsp3) is 0.235. The van der Waals surface area contributed by atoms with Crippen LogP contribution in [0.4, 0.5) is 0 Å². The van der Waals surface area contributed by atoms with Crippen molar-refractivity contribution in [2.24, 2.45) is 0 Å². The van der Waals surface area contributed by atoms with E-state index in [1.807, 2.05) is 24.3 Å². The SMILES string of the molecule is O=C(O)c1cn(CCCCNS(=O)(=O)c2cccc3ccccc23)nn1. The molecule has 0 unspecified atom stereocenters. The molecule has 1 heterocycles. The van der Waals surface area contributed by atoms with Gasteiger partial charge in [0.05, 0.1) is 11.1 Å². The van der Waals surface area contributed by atoms with E-state index in [4.69, 9.17) is 5.11 Å². The molecular formula is C17H18N4O4S. The molecular weight excluding hydrogens is 356 g/mol. The highest BCUT2D eigenvalue weighted by molar-refractivity contribution is 7.89. The van der Waals surface area contributed by atoms with E-state index in [2.05, 4.69) is 15.0 Å². The van der Waals surface area contributed by atoms with E-state index in [-0.39, 0.29) is 17.1 Å². The number of carboxylic acids is 1. The smallest absolute Gasteiger partial charge is 0.358 e. The van der Waals surface area contributed by atoms with E-state index in [1.54, 1.807) is 18.2 Å². The Labute approximate surface area is 150 Å². The zero-order valence-corrected chi connectivity index (χ0v) is 14.7. The maximum atomic E-state index is 12.6. The molecule has 2 N–H and O–H groups in total. The third-order valence-electron chi connectivity index (χ3n) is 3.90. The van der Waals surface area contributed by atoms with Crippen molar-refractivity contribution in [1.82, 2.24) is 19.7 Å². The van der Waals surface area contributed by atoms with Crippen molar-refractivity contribution < 1.29 is 18.3 Å². The van der Waals surface area contributed by atoms with Gasteiger partial charge in [-0.25, -0.2) is 17.9 Å². The molecule has 0 amide bonds. The van der Waals surface area contributed by atoms with Gasteiger partial charge in [-0.1, -0.05) is 41.6 Å². The molecule has 136 valence electrons. The van der Waals surface area contributed by atoms with E-state index in [0.29, 0.717) is 24.8 Å². The van der Waals surface area contributed by atoms with Crippen LogP contribution in [0.25, 0.3) is 10.8 Å². The van der Waals surface area contributed by atoms with Crippen LogP contribution in [0.3, 0.4) is 0 Å². The van der Waals surface area contributed by atoms with Crippen molar-refractivity contribution in [3.8, 4) is 0 Å². The van der Waals surface area contributed by atoms with E-state index in [1.165, 1.54) is 10.9 Å². The monoisotopic (exact) mass is 374 g/mol. The third kappa shape index (κ3) is 4.06. The van der Waals surface area contributed by atoms with E-state index >= 15 is 0 Å². The molecule has 0 atom stereocenters. The van der Waals surface area contributed by atoms with Crippen LogP contribution in [0, 0.1) is 0 Å². The Kier molecular flexibility index (Phi) is 5.29. The molecule has 0 aliphatic rings. The summed E-state index contributed by atoms with van der Waals surface area (Å²) in [5.74, 6) is -1.13. The topological polar surface area (TPSA) is 114 Å². The molecule has 9 heteroatoms. The van der Waals surface area contributed by atoms with Gasteiger partial charge in [0.1, 0.15) is 0 Å². The second-order valence-electron chi connectivity index (χ2n) is 5.75. The summed E-state index contributed by atoms with van der Waals surface area (Å²) in [7, 11) is -3.60. The van der Waals surface area contributed by atoms with Crippen molar-refractivity contribution in [3.63, 3.8) is 0 Å². The maximum Gasteiger partial charge on any atom is 0.358 e. The Morgan fingerprint density at radius 2 is 1.88 bits per heavy atom. The van der Waals surface area contributed by atoms with E-state index in [0.717, 1.165) is 5.39 Å². The number of hydrogen-bond acceptors (Lipinski definition) is 5. The van der Waals surface area contributed by atoms with Crippen LogP contribution >= 0.6 is 0 Å². The lowest BCUT2D eigenvalue weighted by atomic mass is 10.1. The van der Waals surface area contributed by atoms with Crippen LogP contribution in [0.5, 0.6) is 0 Å². The van der Waals surface area contributed by atoms with Crippen molar-refractivity contribution in [2.75, 3.05) is 6.54 Å². The number of benzene rings is 2. The minimum absolute atomic E-state index is 0.110. The van der Waals surface area contributed by atoms with Gasteiger partial charge in [0, 0.05) is 18.5 Å². The first-order chi connectivity index (χ1) is 12.5. The molecule has 3 rings (SSSR count). The van der Waals surface area contributed by atoms with Crippen LogP contribution in [-0.2, 0) is 16.6 Å².